The molecular weight excluding hydrogens is 328 g/mol. The number of rotatable bonds is 2. The Morgan fingerprint density at radius 3 is 2.89 bits per heavy atom. The molecule has 0 aliphatic heterocycles. The van der Waals surface area contributed by atoms with Crippen LogP contribution in [-0.4, -0.2) is 19.6 Å². The summed E-state index contributed by atoms with van der Waals surface area (Å²) in [5.74, 6) is -0.270. The standard InChI is InChI=1S/C12H7BrN4OS/c13-7-4-5-10(14-6-7)12(18)15-8-2-1-3-9-11(8)17-19-16-9/h1-6H,(H,15,18). The van der Waals surface area contributed by atoms with Gasteiger partial charge in [-0.05, 0) is 40.2 Å². The van der Waals surface area contributed by atoms with Gasteiger partial charge in [0.1, 0.15) is 16.7 Å². The molecule has 0 saturated heterocycles. The first-order valence-corrected chi connectivity index (χ1v) is 6.90. The van der Waals surface area contributed by atoms with Crippen LogP contribution >= 0.6 is 27.7 Å². The van der Waals surface area contributed by atoms with Crippen LogP contribution in [0.25, 0.3) is 11.0 Å². The summed E-state index contributed by atoms with van der Waals surface area (Å²) in [5.41, 5.74) is 2.45. The number of aromatic nitrogens is 3. The second-order valence-corrected chi connectivity index (χ2v) is 5.20. The molecule has 19 heavy (non-hydrogen) atoms. The van der Waals surface area contributed by atoms with E-state index in [2.05, 4.69) is 35.0 Å². The third-order valence-corrected chi connectivity index (χ3v) is 3.51. The fraction of sp³-hybridized carbons (Fsp3) is 0. The first-order valence-electron chi connectivity index (χ1n) is 5.38. The SMILES string of the molecule is O=C(Nc1cccc2nsnc12)c1ccc(Br)cn1. The Bertz CT molecular complexity index is 741. The monoisotopic (exact) mass is 334 g/mol. The second-order valence-electron chi connectivity index (χ2n) is 3.75. The minimum Gasteiger partial charge on any atom is -0.319 e. The number of fused-ring (bicyclic) bond motifs is 1. The first kappa shape index (κ1) is 12.2. The number of anilines is 1. The third-order valence-electron chi connectivity index (χ3n) is 2.49. The maximum Gasteiger partial charge on any atom is 0.274 e. The molecule has 5 nitrogen and oxygen atoms in total. The number of hydrogen-bond donors (Lipinski definition) is 1. The molecule has 1 amide bonds. The Labute approximate surface area is 121 Å². The van der Waals surface area contributed by atoms with Gasteiger partial charge in [-0.25, -0.2) is 4.98 Å². The third kappa shape index (κ3) is 2.47. The van der Waals surface area contributed by atoms with Crippen molar-refractivity contribution in [3.05, 3.63) is 46.7 Å². The van der Waals surface area contributed by atoms with Gasteiger partial charge in [-0.3, -0.25) is 4.79 Å². The van der Waals surface area contributed by atoms with E-state index in [0.717, 1.165) is 21.7 Å². The van der Waals surface area contributed by atoms with Crippen LogP contribution in [0.3, 0.4) is 0 Å². The van der Waals surface area contributed by atoms with Crippen molar-refractivity contribution < 1.29 is 4.79 Å². The molecule has 7 heteroatoms. The summed E-state index contributed by atoms with van der Waals surface area (Å²) >= 11 is 4.40. The molecule has 0 aliphatic rings. The molecule has 1 aromatic carbocycles. The van der Waals surface area contributed by atoms with E-state index in [1.807, 2.05) is 12.1 Å². The number of halogens is 1. The lowest BCUT2D eigenvalue weighted by atomic mass is 10.2. The molecule has 2 aromatic heterocycles. The zero-order chi connectivity index (χ0) is 13.2. The molecule has 94 valence electrons. The lowest BCUT2D eigenvalue weighted by Gasteiger charge is -2.04. The molecule has 0 bridgehead atoms. The van der Waals surface area contributed by atoms with E-state index >= 15 is 0 Å². The van der Waals surface area contributed by atoms with Crippen molar-refractivity contribution >= 4 is 50.3 Å². The normalized spacial score (nSPS) is 10.6. The predicted molar refractivity (Wildman–Crippen MR) is 77.3 cm³/mol. The Balaban J connectivity index is 1.90. The van der Waals surface area contributed by atoms with Crippen molar-refractivity contribution in [3.8, 4) is 0 Å². The van der Waals surface area contributed by atoms with Crippen LogP contribution in [0.1, 0.15) is 10.5 Å². The molecule has 0 saturated carbocycles. The van der Waals surface area contributed by atoms with E-state index in [1.54, 1.807) is 24.4 Å². The summed E-state index contributed by atoms with van der Waals surface area (Å²) in [6.45, 7) is 0. The van der Waals surface area contributed by atoms with Gasteiger partial charge in [-0.1, -0.05) is 6.07 Å². The molecular formula is C12H7BrN4OS. The van der Waals surface area contributed by atoms with Gasteiger partial charge >= 0.3 is 0 Å². The van der Waals surface area contributed by atoms with Crippen molar-refractivity contribution in [2.24, 2.45) is 0 Å². The summed E-state index contributed by atoms with van der Waals surface area (Å²) in [5, 5.41) is 2.79. The maximum absolute atomic E-state index is 12.1. The second kappa shape index (κ2) is 5.02. The quantitative estimate of drug-likeness (QED) is 0.781. The fourth-order valence-electron chi connectivity index (χ4n) is 1.60. The molecule has 0 fully saturated rings. The van der Waals surface area contributed by atoms with Crippen LogP contribution in [0.4, 0.5) is 5.69 Å². The van der Waals surface area contributed by atoms with E-state index < -0.39 is 0 Å². The number of pyridine rings is 1. The molecule has 3 rings (SSSR count). The summed E-state index contributed by atoms with van der Waals surface area (Å²) in [7, 11) is 0. The average molecular weight is 335 g/mol. The van der Waals surface area contributed by atoms with E-state index in [9.17, 15) is 4.79 Å². The number of nitrogens with one attached hydrogen (secondary N) is 1. The minimum absolute atomic E-state index is 0.270. The van der Waals surface area contributed by atoms with Crippen molar-refractivity contribution in [3.63, 3.8) is 0 Å². The van der Waals surface area contributed by atoms with Gasteiger partial charge in [0.15, 0.2) is 0 Å². The van der Waals surface area contributed by atoms with Crippen LogP contribution in [0.5, 0.6) is 0 Å². The van der Waals surface area contributed by atoms with Crippen molar-refractivity contribution in [1.29, 1.82) is 0 Å². The van der Waals surface area contributed by atoms with Gasteiger partial charge in [-0.15, -0.1) is 0 Å². The Morgan fingerprint density at radius 2 is 2.11 bits per heavy atom. The van der Waals surface area contributed by atoms with Crippen LogP contribution in [0.2, 0.25) is 0 Å². The van der Waals surface area contributed by atoms with Gasteiger partial charge in [0.05, 0.1) is 17.4 Å². The summed E-state index contributed by atoms with van der Waals surface area (Å²) < 4.78 is 9.12. The molecule has 0 atom stereocenters. The number of hydrogen-bond acceptors (Lipinski definition) is 5. The molecule has 1 N–H and O–H groups in total. The molecule has 0 radical (unpaired) electrons. The highest BCUT2D eigenvalue weighted by atomic mass is 79.9. The van der Waals surface area contributed by atoms with Gasteiger partial charge < -0.3 is 5.32 Å². The smallest absolute Gasteiger partial charge is 0.274 e. The number of carbonyl (C=O) groups is 1. The van der Waals surface area contributed by atoms with Crippen molar-refractivity contribution in [2.75, 3.05) is 5.32 Å². The molecule has 0 unspecified atom stereocenters. The Kier molecular flexibility index (Phi) is 3.22. The topological polar surface area (TPSA) is 67.8 Å². The summed E-state index contributed by atoms with van der Waals surface area (Å²) in [6, 6.07) is 8.90. The molecule has 0 aliphatic carbocycles. The van der Waals surface area contributed by atoms with Gasteiger partial charge in [0.25, 0.3) is 5.91 Å². The van der Waals surface area contributed by atoms with E-state index in [-0.39, 0.29) is 5.91 Å². The highest BCUT2D eigenvalue weighted by Gasteiger charge is 2.11. The highest BCUT2D eigenvalue weighted by Crippen LogP contribution is 2.21. The molecule has 3 aromatic rings. The number of benzene rings is 1. The van der Waals surface area contributed by atoms with Gasteiger partial charge in [0.2, 0.25) is 0 Å². The summed E-state index contributed by atoms with van der Waals surface area (Å²) in [4.78, 5) is 16.1. The van der Waals surface area contributed by atoms with Crippen molar-refractivity contribution in [2.45, 2.75) is 0 Å². The van der Waals surface area contributed by atoms with E-state index in [1.165, 1.54) is 0 Å². The van der Waals surface area contributed by atoms with E-state index in [0.29, 0.717) is 16.9 Å². The van der Waals surface area contributed by atoms with Crippen molar-refractivity contribution in [1.82, 2.24) is 13.7 Å². The minimum atomic E-state index is -0.270. The zero-order valence-electron chi connectivity index (χ0n) is 9.50. The summed E-state index contributed by atoms with van der Waals surface area (Å²) in [6.07, 6.45) is 1.58. The Hall–Kier alpha value is -1.86. The Morgan fingerprint density at radius 1 is 1.21 bits per heavy atom. The number of amides is 1. The maximum atomic E-state index is 12.1. The van der Waals surface area contributed by atoms with Gasteiger partial charge in [-0.2, -0.15) is 8.75 Å². The fourth-order valence-corrected chi connectivity index (χ4v) is 2.39. The zero-order valence-corrected chi connectivity index (χ0v) is 11.9. The highest BCUT2D eigenvalue weighted by molar-refractivity contribution is 9.10. The first-order chi connectivity index (χ1) is 9.24. The lowest BCUT2D eigenvalue weighted by Crippen LogP contribution is -2.13. The van der Waals surface area contributed by atoms with Crippen LogP contribution in [0, 0.1) is 0 Å². The largest absolute Gasteiger partial charge is 0.319 e. The average Bonchev–Trinajstić information content (AvgIpc) is 2.89. The van der Waals surface area contributed by atoms with Crippen LogP contribution < -0.4 is 5.32 Å². The van der Waals surface area contributed by atoms with Crippen LogP contribution in [-0.2, 0) is 0 Å². The van der Waals surface area contributed by atoms with Gasteiger partial charge in [0, 0.05) is 10.7 Å². The number of carbonyl (C=O) groups excluding carboxylic acids is 1. The van der Waals surface area contributed by atoms with Crippen LogP contribution in [0.15, 0.2) is 41.0 Å². The van der Waals surface area contributed by atoms with E-state index in [4.69, 9.17) is 0 Å². The predicted octanol–water partition coefficient (Wildman–Crippen LogP) is 3.10. The lowest BCUT2D eigenvalue weighted by molar-refractivity contribution is 0.102. The number of nitrogens with zero attached hydrogens (tertiary/aromatic N) is 3. The molecule has 2 heterocycles. The molecule has 0 spiro atoms.